The minimum atomic E-state index is 0.101. The maximum Gasteiger partial charge on any atom is 0.230 e. The molecule has 1 heterocycles. The Morgan fingerprint density at radius 1 is 1.39 bits per heavy atom. The molecule has 1 fully saturated rings. The molecule has 0 radical (unpaired) electrons. The van der Waals surface area contributed by atoms with E-state index in [1.807, 2.05) is 0 Å². The molecule has 0 aromatic heterocycles. The van der Waals surface area contributed by atoms with Gasteiger partial charge in [0.25, 0.3) is 0 Å². The Morgan fingerprint density at radius 3 is 2.67 bits per heavy atom. The molecule has 106 valence electrons. The average molecular weight is 274 g/mol. The predicted molar refractivity (Wildman–Crippen MR) is 77.1 cm³/mol. The van der Waals surface area contributed by atoms with Crippen LogP contribution < -0.4 is 10.6 Å². The molecule has 1 aliphatic heterocycles. The monoisotopic (exact) mass is 274 g/mol. The van der Waals surface area contributed by atoms with Crippen molar-refractivity contribution in [3.63, 3.8) is 0 Å². The highest BCUT2D eigenvalue weighted by molar-refractivity contribution is 8.01. The van der Waals surface area contributed by atoms with Crippen LogP contribution in [0.4, 0.5) is 0 Å². The molecule has 0 unspecified atom stereocenters. The quantitative estimate of drug-likeness (QED) is 0.719. The lowest BCUT2D eigenvalue weighted by Gasteiger charge is -2.23. The fraction of sp³-hybridized carbons (Fsp3) is 0.923. The number of hydrogen-bond donors (Lipinski definition) is 2. The third kappa shape index (κ3) is 7.95. The van der Waals surface area contributed by atoms with Crippen LogP contribution in [0.15, 0.2) is 0 Å². The first-order chi connectivity index (χ1) is 8.47. The largest absolute Gasteiger partial charge is 0.376 e. The number of nitrogens with one attached hydrogen (secondary N) is 2. The standard InChI is InChI=1S/C13H26N2O2S/c1-13(2,3)18-10-12(16)15-8-9-17-11-4-6-14-7-5-11/h11,14H,4-10H2,1-3H3,(H,15,16). The summed E-state index contributed by atoms with van der Waals surface area (Å²) in [6.07, 6.45) is 2.52. The molecule has 2 N–H and O–H groups in total. The molecule has 0 atom stereocenters. The van der Waals surface area contributed by atoms with Crippen molar-refractivity contribution in [2.45, 2.75) is 44.5 Å². The van der Waals surface area contributed by atoms with Crippen molar-refractivity contribution in [3.05, 3.63) is 0 Å². The van der Waals surface area contributed by atoms with Gasteiger partial charge in [0, 0.05) is 11.3 Å². The fourth-order valence-corrected chi connectivity index (χ4v) is 2.38. The van der Waals surface area contributed by atoms with Gasteiger partial charge < -0.3 is 15.4 Å². The van der Waals surface area contributed by atoms with Crippen molar-refractivity contribution in [2.75, 3.05) is 32.0 Å². The minimum Gasteiger partial charge on any atom is -0.376 e. The van der Waals surface area contributed by atoms with Crippen molar-refractivity contribution in [1.82, 2.24) is 10.6 Å². The van der Waals surface area contributed by atoms with Crippen LogP contribution in [-0.2, 0) is 9.53 Å². The van der Waals surface area contributed by atoms with Crippen molar-refractivity contribution in [2.24, 2.45) is 0 Å². The summed E-state index contributed by atoms with van der Waals surface area (Å²) in [4.78, 5) is 11.5. The molecule has 1 rings (SSSR count). The maximum atomic E-state index is 11.5. The van der Waals surface area contributed by atoms with E-state index in [2.05, 4.69) is 31.4 Å². The molecule has 4 nitrogen and oxygen atoms in total. The van der Waals surface area contributed by atoms with Crippen LogP contribution in [0, 0.1) is 0 Å². The molecule has 0 bridgehead atoms. The zero-order valence-electron chi connectivity index (χ0n) is 11.8. The third-order valence-electron chi connectivity index (χ3n) is 2.70. The molecule has 0 spiro atoms. The number of thioether (sulfide) groups is 1. The van der Waals surface area contributed by atoms with Crippen LogP contribution in [0.25, 0.3) is 0 Å². The second-order valence-corrected chi connectivity index (χ2v) is 7.37. The van der Waals surface area contributed by atoms with E-state index in [-0.39, 0.29) is 10.7 Å². The second-order valence-electron chi connectivity index (χ2n) is 5.57. The highest BCUT2D eigenvalue weighted by Gasteiger charge is 2.14. The van der Waals surface area contributed by atoms with E-state index < -0.39 is 0 Å². The number of hydrogen-bond acceptors (Lipinski definition) is 4. The minimum absolute atomic E-state index is 0.101. The van der Waals surface area contributed by atoms with Gasteiger partial charge in [-0.2, -0.15) is 0 Å². The summed E-state index contributed by atoms with van der Waals surface area (Å²) < 4.78 is 5.86. The van der Waals surface area contributed by atoms with Gasteiger partial charge in [-0.05, 0) is 25.9 Å². The van der Waals surface area contributed by atoms with E-state index in [4.69, 9.17) is 4.74 Å². The number of carbonyl (C=O) groups excluding carboxylic acids is 1. The Bertz CT molecular complexity index is 248. The van der Waals surface area contributed by atoms with Crippen LogP contribution in [0.2, 0.25) is 0 Å². The van der Waals surface area contributed by atoms with E-state index in [0.29, 0.717) is 25.0 Å². The molecule has 1 saturated heterocycles. The third-order valence-corrected chi connectivity index (χ3v) is 3.97. The van der Waals surface area contributed by atoms with E-state index >= 15 is 0 Å². The van der Waals surface area contributed by atoms with Gasteiger partial charge in [0.05, 0.1) is 18.5 Å². The summed E-state index contributed by atoms with van der Waals surface area (Å²) in [5.74, 6) is 0.625. The van der Waals surface area contributed by atoms with Gasteiger partial charge in [-0.15, -0.1) is 11.8 Å². The topological polar surface area (TPSA) is 50.4 Å². The van der Waals surface area contributed by atoms with Crippen LogP contribution in [0.1, 0.15) is 33.6 Å². The smallest absolute Gasteiger partial charge is 0.230 e. The summed E-state index contributed by atoms with van der Waals surface area (Å²) in [6.45, 7) is 9.67. The zero-order chi connectivity index (χ0) is 13.4. The van der Waals surface area contributed by atoms with Crippen molar-refractivity contribution in [1.29, 1.82) is 0 Å². The number of rotatable bonds is 6. The van der Waals surface area contributed by atoms with Crippen molar-refractivity contribution < 1.29 is 9.53 Å². The molecular weight excluding hydrogens is 248 g/mol. The molecule has 5 heteroatoms. The van der Waals surface area contributed by atoms with Crippen LogP contribution in [0.5, 0.6) is 0 Å². The summed E-state index contributed by atoms with van der Waals surface area (Å²) in [5, 5.41) is 6.20. The summed E-state index contributed by atoms with van der Waals surface area (Å²) in [5.41, 5.74) is 0. The normalized spacial score (nSPS) is 17.7. The lowest BCUT2D eigenvalue weighted by atomic mass is 10.1. The Balaban J connectivity index is 1.98. The predicted octanol–water partition coefficient (Wildman–Crippen LogP) is 1.40. The summed E-state index contributed by atoms with van der Waals surface area (Å²) in [7, 11) is 0. The lowest BCUT2D eigenvalue weighted by molar-refractivity contribution is -0.118. The Morgan fingerprint density at radius 2 is 2.06 bits per heavy atom. The molecule has 0 aromatic carbocycles. The van der Waals surface area contributed by atoms with Crippen LogP contribution in [-0.4, -0.2) is 48.8 Å². The van der Waals surface area contributed by atoms with Gasteiger partial charge in [-0.3, -0.25) is 4.79 Å². The summed E-state index contributed by atoms with van der Waals surface area (Å²) >= 11 is 1.67. The van der Waals surface area contributed by atoms with Gasteiger partial charge in [0.15, 0.2) is 0 Å². The molecule has 18 heavy (non-hydrogen) atoms. The molecule has 1 amide bonds. The number of ether oxygens (including phenoxy) is 1. The summed E-state index contributed by atoms with van der Waals surface area (Å²) in [6, 6.07) is 0. The van der Waals surface area contributed by atoms with Crippen molar-refractivity contribution >= 4 is 17.7 Å². The van der Waals surface area contributed by atoms with Gasteiger partial charge in [-0.1, -0.05) is 20.8 Å². The highest BCUT2D eigenvalue weighted by atomic mass is 32.2. The lowest BCUT2D eigenvalue weighted by Crippen LogP contribution is -2.35. The fourth-order valence-electron chi connectivity index (χ4n) is 1.71. The number of carbonyl (C=O) groups is 1. The molecule has 0 saturated carbocycles. The molecular formula is C13H26N2O2S. The first-order valence-corrected chi connectivity index (χ1v) is 7.69. The first kappa shape index (κ1) is 15.8. The molecule has 0 aliphatic carbocycles. The van der Waals surface area contributed by atoms with Crippen molar-refractivity contribution in [3.8, 4) is 0 Å². The number of piperidine rings is 1. The number of amides is 1. The van der Waals surface area contributed by atoms with Crippen LogP contribution in [0.3, 0.4) is 0 Å². The molecule has 1 aliphatic rings. The SMILES string of the molecule is CC(C)(C)SCC(=O)NCCOC1CCNCC1. The average Bonchev–Trinajstić information content (AvgIpc) is 2.33. The Kier molecular flexibility index (Phi) is 7.04. The van der Waals surface area contributed by atoms with Gasteiger partial charge in [0.2, 0.25) is 5.91 Å². The van der Waals surface area contributed by atoms with Gasteiger partial charge >= 0.3 is 0 Å². The molecule has 0 aromatic rings. The van der Waals surface area contributed by atoms with Crippen LogP contribution >= 0.6 is 11.8 Å². The van der Waals surface area contributed by atoms with Gasteiger partial charge in [0.1, 0.15) is 0 Å². The second kappa shape index (κ2) is 8.02. The van der Waals surface area contributed by atoms with E-state index in [1.165, 1.54) is 0 Å². The highest BCUT2D eigenvalue weighted by Crippen LogP contribution is 2.22. The van der Waals surface area contributed by atoms with E-state index in [1.54, 1.807) is 11.8 Å². The van der Waals surface area contributed by atoms with E-state index in [0.717, 1.165) is 25.9 Å². The maximum absolute atomic E-state index is 11.5. The Labute approximate surface area is 115 Å². The first-order valence-electron chi connectivity index (χ1n) is 6.70. The Hall–Kier alpha value is -0.260. The van der Waals surface area contributed by atoms with Gasteiger partial charge in [-0.25, -0.2) is 0 Å². The van der Waals surface area contributed by atoms with E-state index in [9.17, 15) is 4.79 Å². The zero-order valence-corrected chi connectivity index (χ0v) is 12.6.